The Bertz CT molecular complexity index is 1020. The fraction of sp³-hybridized carbons (Fsp3) is 0.235. The van der Waals surface area contributed by atoms with E-state index in [2.05, 4.69) is 25.5 Å². The zero-order chi connectivity index (χ0) is 18.3. The molecule has 130 valence electrons. The van der Waals surface area contributed by atoms with E-state index in [1.807, 2.05) is 11.5 Å². The highest BCUT2D eigenvalue weighted by atomic mass is 32.1. The van der Waals surface area contributed by atoms with Gasteiger partial charge in [0.1, 0.15) is 5.82 Å². The lowest BCUT2D eigenvalue weighted by molar-refractivity contribution is 0.0638. The van der Waals surface area contributed by atoms with Gasteiger partial charge in [0.15, 0.2) is 16.7 Å². The van der Waals surface area contributed by atoms with Gasteiger partial charge >= 0.3 is 0 Å². The standard InChI is InChI=1S/C17H13FN6OS/c1-3-13-19-16(26-22-13)15-21-20-14-10(2)23(8-9-24(14)15)17(25)11-4-6-12(18)7-5-11/h1,4-7,10H,8-9H2,2H3/t10-/m1/s1. The third-order valence-corrected chi connectivity index (χ3v) is 4.99. The van der Waals surface area contributed by atoms with Gasteiger partial charge in [-0.3, -0.25) is 4.79 Å². The summed E-state index contributed by atoms with van der Waals surface area (Å²) in [6.07, 6.45) is 5.31. The Balaban J connectivity index is 1.63. The van der Waals surface area contributed by atoms with E-state index >= 15 is 0 Å². The van der Waals surface area contributed by atoms with Crippen molar-refractivity contribution >= 4 is 17.4 Å². The number of hydrogen-bond acceptors (Lipinski definition) is 6. The first-order valence-corrected chi connectivity index (χ1v) is 8.66. The number of carbonyl (C=O) groups is 1. The lowest BCUT2D eigenvalue weighted by Gasteiger charge is -2.33. The number of amides is 1. The maximum absolute atomic E-state index is 13.1. The van der Waals surface area contributed by atoms with E-state index in [4.69, 9.17) is 6.42 Å². The van der Waals surface area contributed by atoms with Crippen molar-refractivity contribution in [2.45, 2.75) is 19.5 Å². The van der Waals surface area contributed by atoms with Gasteiger partial charge in [0, 0.05) is 18.7 Å². The van der Waals surface area contributed by atoms with Crippen LogP contribution in [0.1, 0.15) is 35.0 Å². The van der Waals surface area contributed by atoms with Gasteiger partial charge in [0.05, 0.1) is 6.04 Å². The Hall–Kier alpha value is -3.12. The van der Waals surface area contributed by atoms with E-state index in [-0.39, 0.29) is 17.8 Å². The number of benzene rings is 1. The van der Waals surface area contributed by atoms with Gasteiger partial charge in [0.25, 0.3) is 5.91 Å². The average Bonchev–Trinajstić information content (AvgIpc) is 3.29. The fourth-order valence-electron chi connectivity index (χ4n) is 2.95. The second kappa shape index (κ2) is 6.31. The van der Waals surface area contributed by atoms with Crippen LogP contribution in [-0.2, 0) is 6.54 Å². The molecule has 3 aromatic rings. The van der Waals surface area contributed by atoms with Crippen LogP contribution >= 0.6 is 11.5 Å². The smallest absolute Gasteiger partial charge is 0.254 e. The quantitative estimate of drug-likeness (QED) is 0.648. The summed E-state index contributed by atoms with van der Waals surface area (Å²) in [6, 6.07) is 5.25. The molecule has 0 saturated carbocycles. The Morgan fingerprint density at radius 3 is 2.77 bits per heavy atom. The Morgan fingerprint density at radius 2 is 2.08 bits per heavy atom. The molecule has 7 nitrogen and oxygen atoms in total. The molecule has 2 aromatic heterocycles. The van der Waals surface area contributed by atoms with Crippen molar-refractivity contribution in [3.63, 3.8) is 0 Å². The van der Waals surface area contributed by atoms with Crippen LogP contribution < -0.4 is 0 Å². The summed E-state index contributed by atoms with van der Waals surface area (Å²) >= 11 is 1.17. The van der Waals surface area contributed by atoms with E-state index < -0.39 is 0 Å². The topological polar surface area (TPSA) is 76.8 Å². The van der Waals surface area contributed by atoms with Crippen molar-refractivity contribution in [3.05, 3.63) is 47.3 Å². The van der Waals surface area contributed by atoms with Crippen LogP contribution in [-0.4, -0.2) is 41.5 Å². The molecule has 9 heteroatoms. The highest BCUT2D eigenvalue weighted by Crippen LogP contribution is 2.30. The van der Waals surface area contributed by atoms with Crippen LogP contribution in [0.3, 0.4) is 0 Å². The summed E-state index contributed by atoms with van der Waals surface area (Å²) < 4.78 is 19.1. The molecule has 0 bridgehead atoms. The van der Waals surface area contributed by atoms with Gasteiger partial charge in [-0.05, 0) is 48.6 Å². The summed E-state index contributed by atoms with van der Waals surface area (Å²) in [4.78, 5) is 18.7. The molecule has 0 saturated heterocycles. The number of aromatic nitrogens is 5. The zero-order valence-electron chi connectivity index (χ0n) is 13.8. The van der Waals surface area contributed by atoms with Crippen molar-refractivity contribution in [1.82, 2.24) is 29.0 Å². The molecule has 1 aromatic carbocycles. The van der Waals surface area contributed by atoms with Crippen LogP contribution in [0.25, 0.3) is 10.8 Å². The van der Waals surface area contributed by atoms with Gasteiger partial charge in [0.2, 0.25) is 5.82 Å². The minimum atomic E-state index is -0.374. The summed E-state index contributed by atoms with van der Waals surface area (Å²) in [6.45, 7) is 2.90. The first kappa shape index (κ1) is 16.4. The van der Waals surface area contributed by atoms with Crippen LogP contribution in [0.2, 0.25) is 0 Å². The molecule has 0 radical (unpaired) electrons. The number of rotatable bonds is 2. The SMILES string of the molecule is C#Cc1nsc(-c2nnc3n2CCN(C(=O)c2ccc(F)cc2)[C@@H]3C)n1. The summed E-state index contributed by atoms with van der Waals surface area (Å²) in [5.41, 5.74) is 0.439. The highest BCUT2D eigenvalue weighted by molar-refractivity contribution is 7.09. The molecule has 0 fully saturated rings. The van der Waals surface area contributed by atoms with Crippen LogP contribution in [0, 0.1) is 18.2 Å². The molecule has 1 aliphatic heterocycles. The van der Waals surface area contributed by atoms with Crippen LogP contribution in [0.15, 0.2) is 24.3 Å². The molecule has 4 rings (SSSR count). The molecular weight excluding hydrogens is 355 g/mol. The molecule has 0 spiro atoms. The molecule has 0 N–H and O–H groups in total. The summed E-state index contributed by atoms with van der Waals surface area (Å²) in [5, 5.41) is 9.04. The minimum absolute atomic E-state index is 0.168. The van der Waals surface area contributed by atoms with E-state index in [1.165, 1.54) is 35.8 Å². The van der Waals surface area contributed by atoms with Crippen molar-refractivity contribution in [2.24, 2.45) is 0 Å². The lowest BCUT2D eigenvalue weighted by Crippen LogP contribution is -2.41. The number of hydrogen-bond donors (Lipinski definition) is 0. The highest BCUT2D eigenvalue weighted by Gasteiger charge is 2.32. The molecule has 1 aliphatic rings. The summed E-state index contributed by atoms with van der Waals surface area (Å²) in [5.74, 6) is 3.43. The molecule has 0 unspecified atom stereocenters. The van der Waals surface area contributed by atoms with E-state index in [9.17, 15) is 9.18 Å². The number of fused-ring (bicyclic) bond motifs is 1. The first-order chi connectivity index (χ1) is 12.6. The molecule has 3 heterocycles. The number of halogens is 1. The second-order valence-electron chi connectivity index (χ2n) is 5.78. The normalized spacial score (nSPS) is 16.2. The lowest BCUT2D eigenvalue weighted by atomic mass is 10.1. The van der Waals surface area contributed by atoms with E-state index in [0.29, 0.717) is 41.1 Å². The Labute approximate surface area is 152 Å². The molecule has 26 heavy (non-hydrogen) atoms. The predicted molar refractivity (Wildman–Crippen MR) is 92.7 cm³/mol. The largest absolute Gasteiger partial charge is 0.327 e. The number of terminal acetylenes is 1. The van der Waals surface area contributed by atoms with Gasteiger partial charge < -0.3 is 9.47 Å². The fourth-order valence-corrected chi connectivity index (χ4v) is 3.58. The van der Waals surface area contributed by atoms with Gasteiger partial charge in [-0.2, -0.15) is 4.37 Å². The van der Waals surface area contributed by atoms with Crippen molar-refractivity contribution in [3.8, 4) is 23.2 Å². The average molecular weight is 368 g/mol. The van der Waals surface area contributed by atoms with Crippen LogP contribution in [0.4, 0.5) is 4.39 Å². The third-order valence-electron chi connectivity index (χ3n) is 4.28. The molecule has 1 amide bonds. The number of nitrogens with zero attached hydrogens (tertiary/aromatic N) is 6. The Kier molecular flexibility index (Phi) is 3.97. The minimum Gasteiger partial charge on any atom is -0.327 e. The Morgan fingerprint density at radius 1 is 1.31 bits per heavy atom. The summed E-state index contributed by atoms with van der Waals surface area (Å²) in [7, 11) is 0. The van der Waals surface area contributed by atoms with Gasteiger partial charge in [-0.25, -0.2) is 9.37 Å². The molecule has 1 atom stereocenters. The van der Waals surface area contributed by atoms with Gasteiger partial charge in [-0.1, -0.05) is 0 Å². The molecular formula is C17H13FN6OS. The van der Waals surface area contributed by atoms with Crippen LogP contribution in [0.5, 0.6) is 0 Å². The third kappa shape index (κ3) is 2.64. The second-order valence-corrected chi connectivity index (χ2v) is 6.53. The van der Waals surface area contributed by atoms with E-state index in [1.54, 1.807) is 4.90 Å². The van der Waals surface area contributed by atoms with Gasteiger partial charge in [-0.15, -0.1) is 16.6 Å². The van der Waals surface area contributed by atoms with Crippen molar-refractivity contribution < 1.29 is 9.18 Å². The zero-order valence-corrected chi connectivity index (χ0v) is 14.6. The maximum Gasteiger partial charge on any atom is 0.254 e. The maximum atomic E-state index is 13.1. The number of carbonyl (C=O) groups excluding carboxylic acids is 1. The monoisotopic (exact) mass is 368 g/mol. The van der Waals surface area contributed by atoms with E-state index in [0.717, 1.165) is 0 Å². The van der Waals surface area contributed by atoms with Crippen molar-refractivity contribution in [2.75, 3.05) is 6.54 Å². The molecule has 0 aliphatic carbocycles. The predicted octanol–water partition coefficient (Wildman–Crippen LogP) is 2.13. The first-order valence-electron chi connectivity index (χ1n) is 7.89. The van der Waals surface area contributed by atoms with Crippen molar-refractivity contribution in [1.29, 1.82) is 0 Å².